The second-order valence-corrected chi connectivity index (χ2v) is 5.23. The second-order valence-electron chi connectivity index (χ2n) is 4.26. The molecular weight excluding hydrogens is 271 g/mol. The van der Waals surface area contributed by atoms with Gasteiger partial charge < -0.3 is 5.32 Å². The summed E-state index contributed by atoms with van der Waals surface area (Å²) in [5.41, 5.74) is 0.286. The third-order valence-corrected chi connectivity index (χ3v) is 3.94. The summed E-state index contributed by atoms with van der Waals surface area (Å²) in [5.74, 6) is 0. The van der Waals surface area contributed by atoms with E-state index in [0.717, 1.165) is 17.7 Å². The van der Waals surface area contributed by atoms with Gasteiger partial charge >= 0.3 is 6.18 Å². The van der Waals surface area contributed by atoms with Gasteiger partial charge in [0.05, 0.1) is 5.56 Å². The zero-order valence-corrected chi connectivity index (χ0v) is 11.2. The summed E-state index contributed by atoms with van der Waals surface area (Å²) < 4.78 is 37.4. The highest BCUT2D eigenvalue weighted by Gasteiger charge is 2.29. The second kappa shape index (κ2) is 5.75. The predicted molar refractivity (Wildman–Crippen MR) is 71.3 cm³/mol. The van der Waals surface area contributed by atoms with Gasteiger partial charge in [-0.05, 0) is 42.6 Å². The molecule has 1 aromatic carbocycles. The lowest BCUT2D eigenvalue weighted by Gasteiger charge is -2.15. The number of nitrogens with one attached hydrogen (secondary N) is 1. The van der Waals surface area contributed by atoms with Crippen LogP contribution in [0.15, 0.2) is 41.8 Å². The molecule has 0 bridgehead atoms. The van der Waals surface area contributed by atoms with Gasteiger partial charge in [0.25, 0.3) is 0 Å². The van der Waals surface area contributed by atoms with Gasteiger partial charge in [0, 0.05) is 10.9 Å². The lowest BCUT2D eigenvalue weighted by Crippen LogP contribution is -2.17. The van der Waals surface area contributed by atoms with Crippen LogP contribution in [0.1, 0.15) is 22.0 Å². The minimum atomic E-state index is -4.27. The standard InChI is InChI=1S/C14H14F3NS/c1-18-12(13-3-2-8-19-13)9-10-4-6-11(7-5-10)14(15,16)17/h2-8,12,18H,9H2,1H3. The minimum absolute atomic E-state index is 0.136. The molecule has 1 atom stereocenters. The summed E-state index contributed by atoms with van der Waals surface area (Å²) in [4.78, 5) is 1.18. The zero-order valence-electron chi connectivity index (χ0n) is 10.4. The van der Waals surface area contributed by atoms with Crippen molar-refractivity contribution < 1.29 is 13.2 Å². The average Bonchev–Trinajstić information content (AvgIpc) is 2.89. The first-order valence-corrected chi connectivity index (χ1v) is 6.75. The summed E-state index contributed by atoms with van der Waals surface area (Å²) in [6, 6.07) is 9.48. The van der Waals surface area contributed by atoms with Crippen LogP contribution in [-0.2, 0) is 12.6 Å². The van der Waals surface area contributed by atoms with Crippen molar-refractivity contribution in [3.8, 4) is 0 Å². The number of thiophene rings is 1. The summed E-state index contributed by atoms with van der Waals surface area (Å²) in [6.45, 7) is 0. The molecule has 0 saturated heterocycles. The first-order valence-electron chi connectivity index (χ1n) is 5.87. The molecule has 0 fully saturated rings. The SMILES string of the molecule is CNC(Cc1ccc(C(F)(F)F)cc1)c1cccs1. The fourth-order valence-electron chi connectivity index (χ4n) is 1.90. The first kappa shape index (κ1) is 14.1. The van der Waals surface area contributed by atoms with Crippen LogP contribution in [0, 0.1) is 0 Å². The van der Waals surface area contributed by atoms with Crippen LogP contribution in [0.4, 0.5) is 13.2 Å². The van der Waals surface area contributed by atoms with Crippen LogP contribution < -0.4 is 5.32 Å². The lowest BCUT2D eigenvalue weighted by molar-refractivity contribution is -0.137. The molecule has 2 aromatic rings. The molecule has 1 nitrogen and oxygen atoms in total. The van der Waals surface area contributed by atoms with Gasteiger partial charge in [-0.2, -0.15) is 13.2 Å². The van der Waals surface area contributed by atoms with Crippen LogP contribution >= 0.6 is 11.3 Å². The van der Waals surface area contributed by atoms with E-state index >= 15 is 0 Å². The van der Waals surface area contributed by atoms with Crippen molar-refractivity contribution in [3.05, 3.63) is 57.8 Å². The third-order valence-electron chi connectivity index (χ3n) is 2.96. The highest BCUT2D eigenvalue weighted by molar-refractivity contribution is 7.10. The average molecular weight is 285 g/mol. The molecule has 0 amide bonds. The van der Waals surface area contributed by atoms with Crippen LogP contribution in [0.3, 0.4) is 0 Å². The molecular formula is C14H14F3NS. The van der Waals surface area contributed by atoms with Gasteiger partial charge in [0.15, 0.2) is 0 Å². The molecule has 2 rings (SSSR count). The summed E-state index contributed by atoms with van der Waals surface area (Å²) in [7, 11) is 1.86. The summed E-state index contributed by atoms with van der Waals surface area (Å²) in [6.07, 6.45) is -3.59. The van der Waals surface area contributed by atoms with Crippen molar-refractivity contribution in [2.75, 3.05) is 7.05 Å². The van der Waals surface area contributed by atoms with Gasteiger partial charge in [0.1, 0.15) is 0 Å². The van der Waals surface area contributed by atoms with Gasteiger partial charge in [0.2, 0.25) is 0 Å². The number of likely N-dealkylation sites (N-methyl/N-ethyl adjacent to an activating group) is 1. The lowest BCUT2D eigenvalue weighted by atomic mass is 10.0. The molecule has 0 aliphatic heterocycles. The fourth-order valence-corrected chi connectivity index (χ4v) is 2.74. The molecule has 0 aliphatic rings. The number of hydrogen-bond acceptors (Lipinski definition) is 2. The van der Waals surface area contributed by atoms with Crippen molar-refractivity contribution in [2.24, 2.45) is 0 Å². The van der Waals surface area contributed by atoms with E-state index in [1.54, 1.807) is 23.5 Å². The summed E-state index contributed by atoms with van der Waals surface area (Å²) >= 11 is 1.64. The van der Waals surface area contributed by atoms with Crippen molar-refractivity contribution in [1.29, 1.82) is 0 Å². The third kappa shape index (κ3) is 3.58. The quantitative estimate of drug-likeness (QED) is 0.884. The Morgan fingerprint density at radius 1 is 1.16 bits per heavy atom. The Bertz CT molecular complexity index is 502. The Hall–Kier alpha value is -1.33. The van der Waals surface area contributed by atoms with Crippen molar-refractivity contribution in [1.82, 2.24) is 5.32 Å². The van der Waals surface area contributed by atoms with E-state index in [0.29, 0.717) is 6.42 Å². The Kier molecular flexibility index (Phi) is 4.27. The molecule has 0 saturated carbocycles. The molecule has 19 heavy (non-hydrogen) atoms. The Morgan fingerprint density at radius 2 is 1.84 bits per heavy atom. The molecule has 5 heteroatoms. The van der Waals surface area contributed by atoms with Crippen LogP contribution in [0.2, 0.25) is 0 Å². The maximum atomic E-state index is 12.5. The van der Waals surface area contributed by atoms with Gasteiger partial charge in [-0.15, -0.1) is 11.3 Å². The molecule has 0 aliphatic carbocycles. The highest BCUT2D eigenvalue weighted by atomic mass is 32.1. The number of hydrogen-bond donors (Lipinski definition) is 1. The smallest absolute Gasteiger partial charge is 0.312 e. The van der Waals surface area contributed by atoms with E-state index in [-0.39, 0.29) is 6.04 Å². The van der Waals surface area contributed by atoms with E-state index in [2.05, 4.69) is 5.32 Å². The van der Waals surface area contributed by atoms with E-state index in [4.69, 9.17) is 0 Å². The molecule has 102 valence electrons. The molecule has 1 aromatic heterocycles. The van der Waals surface area contributed by atoms with E-state index in [1.807, 2.05) is 24.6 Å². The number of alkyl halides is 3. The normalized spacial score (nSPS) is 13.5. The summed E-state index contributed by atoms with van der Waals surface area (Å²) in [5, 5.41) is 5.18. The van der Waals surface area contributed by atoms with E-state index < -0.39 is 11.7 Å². The van der Waals surface area contributed by atoms with Crippen molar-refractivity contribution in [3.63, 3.8) is 0 Å². The molecule has 1 unspecified atom stereocenters. The topological polar surface area (TPSA) is 12.0 Å². The first-order chi connectivity index (χ1) is 9.00. The van der Waals surface area contributed by atoms with E-state index in [9.17, 15) is 13.2 Å². The zero-order chi connectivity index (χ0) is 13.9. The number of halogens is 3. The molecule has 1 N–H and O–H groups in total. The van der Waals surface area contributed by atoms with Gasteiger partial charge in [-0.25, -0.2) is 0 Å². The van der Waals surface area contributed by atoms with Crippen molar-refractivity contribution in [2.45, 2.75) is 18.6 Å². The fraction of sp³-hybridized carbons (Fsp3) is 0.286. The molecule has 0 spiro atoms. The Balaban J connectivity index is 2.11. The monoisotopic (exact) mass is 285 g/mol. The molecule has 1 heterocycles. The Morgan fingerprint density at radius 3 is 2.32 bits per heavy atom. The van der Waals surface area contributed by atoms with Gasteiger partial charge in [-0.1, -0.05) is 18.2 Å². The van der Waals surface area contributed by atoms with Crippen LogP contribution in [0.5, 0.6) is 0 Å². The van der Waals surface area contributed by atoms with Crippen molar-refractivity contribution >= 4 is 11.3 Å². The predicted octanol–water partition coefficient (Wildman–Crippen LogP) is 4.27. The van der Waals surface area contributed by atoms with Crippen LogP contribution in [-0.4, -0.2) is 7.05 Å². The highest BCUT2D eigenvalue weighted by Crippen LogP contribution is 2.30. The maximum absolute atomic E-state index is 12.5. The largest absolute Gasteiger partial charge is 0.416 e. The number of benzene rings is 1. The van der Waals surface area contributed by atoms with E-state index in [1.165, 1.54) is 4.88 Å². The Labute approximate surface area is 114 Å². The maximum Gasteiger partial charge on any atom is 0.416 e. The van der Waals surface area contributed by atoms with Crippen LogP contribution in [0.25, 0.3) is 0 Å². The number of rotatable bonds is 4. The van der Waals surface area contributed by atoms with Gasteiger partial charge in [-0.3, -0.25) is 0 Å². The molecule has 0 radical (unpaired) electrons. The minimum Gasteiger partial charge on any atom is -0.312 e.